The highest BCUT2D eigenvalue weighted by atomic mass is 32.1. The molecule has 1 fully saturated rings. The van der Waals surface area contributed by atoms with E-state index in [0.29, 0.717) is 22.9 Å². The molecule has 1 aliphatic rings. The van der Waals surface area contributed by atoms with Crippen molar-refractivity contribution in [1.82, 2.24) is 10.2 Å². The number of non-ortho nitro benzene ring substituents is 1. The van der Waals surface area contributed by atoms with Gasteiger partial charge in [-0.25, -0.2) is 0 Å². The summed E-state index contributed by atoms with van der Waals surface area (Å²) in [5.41, 5.74) is 0.685. The van der Waals surface area contributed by atoms with E-state index >= 15 is 0 Å². The molecule has 0 saturated carbocycles. The SMILES string of the molecule is CC(C)N1CCC(NC(=S)Nc2cccc([N+](=O)[O-])c2)CC1. The minimum atomic E-state index is -0.413. The highest BCUT2D eigenvalue weighted by Gasteiger charge is 2.21. The molecule has 6 nitrogen and oxygen atoms in total. The smallest absolute Gasteiger partial charge is 0.271 e. The Kier molecular flexibility index (Phi) is 5.68. The Morgan fingerprint density at radius 2 is 2.09 bits per heavy atom. The van der Waals surface area contributed by atoms with Crippen LogP contribution >= 0.6 is 12.2 Å². The minimum absolute atomic E-state index is 0.0537. The van der Waals surface area contributed by atoms with Crippen molar-refractivity contribution >= 4 is 28.7 Å². The lowest BCUT2D eigenvalue weighted by molar-refractivity contribution is -0.384. The van der Waals surface area contributed by atoms with Gasteiger partial charge in [-0.1, -0.05) is 6.07 Å². The van der Waals surface area contributed by atoms with Crippen LogP contribution in [0.5, 0.6) is 0 Å². The number of rotatable bonds is 4. The predicted octanol–water partition coefficient (Wildman–Crippen LogP) is 2.75. The van der Waals surface area contributed by atoms with Gasteiger partial charge in [0.25, 0.3) is 5.69 Å². The van der Waals surface area contributed by atoms with Gasteiger partial charge in [-0.15, -0.1) is 0 Å². The van der Waals surface area contributed by atoms with E-state index in [-0.39, 0.29) is 5.69 Å². The third-order valence-electron chi connectivity index (χ3n) is 3.91. The Morgan fingerprint density at radius 1 is 1.41 bits per heavy atom. The predicted molar refractivity (Wildman–Crippen MR) is 92.2 cm³/mol. The summed E-state index contributed by atoms with van der Waals surface area (Å²) < 4.78 is 0. The van der Waals surface area contributed by atoms with Crippen molar-refractivity contribution < 1.29 is 4.92 Å². The Hall–Kier alpha value is -1.73. The molecule has 2 rings (SSSR count). The summed E-state index contributed by atoms with van der Waals surface area (Å²) in [4.78, 5) is 12.8. The molecule has 0 amide bonds. The van der Waals surface area contributed by atoms with Gasteiger partial charge in [-0.05, 0) is 45.0 Å². The first-order valence-corrected chi connectivity index (χ1v) is 7.92. The Labute approximate surface area is 136 Å². The summed E-state index contributed by atoms with van der Waals surface area (Å²) in [5, 5.41) is 17.6. The summed E-state index contributed by atoms with van der Waals surface area (Å²) in [6, 6.07) is 7.29. The zero-order valence-electron chi connectivity index (χ0n) is 12.9. The quantitative estimate of drug-likeness (QED) is 0.505. The molecule has 22 heavy (non-hydrogen) atoms. The summed E-state index contributed by atoms with van der Waals surface area (Å²) in [7, 11) is 0. The molecule has 0 spiro atoms. The number of nitro benzene ring substituents is 1. The van der Waals surface area contributed by atoms with Gasteiger partial charge in [0.1, 0.15) is 0 Å². The lowest BCUT2D eigenvalue weighted by Gasteiger charge is -2.35. The molecule has 0 bridgehead atoms. The standard InChI is InChI=1S/C15H22N4O2S/c1-11(2)18-8-6-12(7-9-18)16-15(22)17-13-4-3-5-14(10-13)19(20)21/h3-5,10-12H,6-9H2,1-2H3,(H2,16,17,22). The highest BCUT2D eigenvalue weighted by molar-refractivity contribution is 7.80. The van der Waals surface area contributed by atoms with E-state index in [1.807, 2.05) is 0 Å². The molecule has 0 atom stereocenters. The average Bonchev–Trinajstić information content (AvgIpc) is 2.47. The number of thiocarbonyl (C=S) groups is 1. The van der Waals surface area contributed by atoms with Crippen molar-refractivity contribution in [2.75, 3.05) is 18.4 Å². The van der Waals surface area contributed by atoms with Gasteiger partial charge in [0.2, 0.25) is 0 Å². The van der Waals surface area contributed by atoms with E-state index in [0.717, 1.165) is 25.9 Å². The number of anilines is 1. The lowest BCUT2D eigenvalue weighted by atomic mass is 10.0. The van der Waals surface area contributed by atoms with E-state index in [1.165, 1.54) is 12.1 Å². The molecular weight excluding hydrogens is 300 g/mol. The van der Waals surface area contributed by atoms with E-state index in [4.69, 9.17) is 12.2 Å². The van der Waals surface area contributed by atoms with Gasteiger partial charge in [0.05, 0.1) is 4.92 Å². The van der Waals surface area contributed by atoms with Crippen LogP contribution in [0.4, 0.5) is 11.4 Å². The lowest BCUT2D eigenvalue weighted by Crippen LogP contribution is -2.47. The number of hydrogen-bond donors (Lipinski definition) is 2. The first-order valence-electron chi connectivity index (χ1n) is 7.51. The maximum Gasteiger partial charge on any atom is 0.271 e. The van der Waals surface area contributed by atoms with Crippen molar-refractivity contribution in [1.29, 1.82) is 0 Å². The van der Waals surface area contributed by atoms with Gasteiger partial charge >= 0.3 is 0 Å². The number of benzene rings is 1. The first-order chi connectivity index (χ1) is 10.5. The number of likely N-dealkylation sites (tertiary alicyclic amines) is 1. The number of piperidine rings is 1. The summed E-state index contributed by atoms with van der Waals surface area (Å²) in [6.07, 6.45) is 2.10. The molecule has 2 N–H and O–H groups in total. The van der Waals surface area contributed by atoms with Gasteiger partial charge in [0.15, 0.2) is 5.11 Å². The monoisotopic (exact) mass is 322 g/mol. The fourth-order valence-electron chi connectivity index (χ4n) is 2.61. The zero-order chi connectivity index (χ0) is 16.1. The molecule has 0 unspecified atom stereocenters. The van der Waals surface area contributed by atoms with Crippen molar-refractivity contribution in [2.45, 2.75) is 38.8 Å². The second-order valence-corrected chi connectivity index (χ2v) is 6.22. The van der Waals surface area contributed by atoms with Crippen LogP contribution in [-0.4, -0.2) is 40.1 Å². The van der Waals surface area contributed by atoms with E-state index in [9.17, 15) is 10.1 Å². The van der Waals surface area contributed by atoms with Crippen molar-refractivity contribution in [2.24, 2.45) is 0 Å². The van der Waals surface area contributed by atoms with Crippen LogP contribution in [0.1, 0.15) is 26.7 Å². The normalized spacial score (nSPS) is 16.5. The van der Waals surface area contributed by atoms with Gasteiger partial charge < -0.3 is 15.5 Å². The number of nitrogens with one attached hydrogen (secondary N) is 2. The molecule has 1 saturated heterocycles. The molecule has 1 aromatic carbocycles. The van der Waals surface area contributed by atoms with Crippen LogP contribution in [0.3, 0.4) is 0 Å². The molecule has 1 aromatic rings. The fraction of sp³-hybridized carbons (Fsp3) is 0.533. The highest BCUT2D eigenvalue weighted by Crippen LogP contribution is 2.17. The maximum absolute atomic E-state index is 10.8. The Morgan fingerprint density at radius 3 is 2.68 bits per heavy atom. The van der Waals surface area contributed by atoms with Gasteiger partial charge in [0, 0.05) is 43.0 Å². The number of hydrogen-bond acceptors (Lipinski definition) is 4. The van der Waals surface area contributed by atoms with Crippen LogP contribution in [0.25, 0.3) is 0 Å². The van der Waals surface area contributed by atoms with Crippen LogP contribution in [0.2, 0.25) is 0 Å². The van der Waals surface area contributed by atoms with Crippen LogP contribution in [-0.2, 0) is 0 Å². The summed E-state index contributed by atoms with van der Waals surface area (Å²) in [6.45, 7) is 6.55. The average molecular weight is 322 g/mol. The Bertz CT molecular complexity index is 542. The van der Waals surface area contributed by atoms with E-state index in [2.05, 4.69) is 29.4 Å². The molecule has 1 aliphatic heterocycles. The molecule has 120 valence electrons. The summed E-state index contributed by atoms with van der Waals surface area (Å²) in [5.74, 6) is 0. The first kappa shape index (κ1) is 16.6. The largest absolute Gasteiger partial charge is 0.360 e. The van der Waals surface area contributed by atoms with Gasteiger partial charge in [-0.3, -0.25) is 10.1 Å². The molecule has 0 aliphatic carbocycles. The molecule has 7 heteroatoms. The van der Waals surface area contributed by atoms with E-state index < -0.39 is 4.92 Å². The minimum Gasteiger partial charge on any atom is -0.360 e. The van der Waals surface area contributed by atoms with Crippen molar-refractivity contribution in [3.63, 3.8) is 0 Å². The zero-order valence-corrected chi connectivity index (χ0v) is 13.7. The maximum atomic E-state index is 10.8. The van der Waals surface area contributed by atoms with Crippen molar-refractivity contribution in [3.05, 3.63) is 34.4 Å². The van der Waals surface area contributed by atoms with Crippen molar-refractivity contribution in [3.8, 4) is 0 Å². The number of nitro groups is 1. The second-order valence-electron chi connectivity index (χ2n) is 5.81. The van der Waals surface area contributed by atoms with Gasteiger partial charge in [-0.2, -0.15) is 0 Å². The molecule has 0 radical (unpaired) electrons. The third kappa shape index (κ3) is 4.64. The summed E-state index contributed by atoms with van der Waals surface area (Å²) >= 11 is 5.30. The third-order valence-corrected chi connectivity index (χ3v) is 4.13. The molecular formula is C15H22N4O2S. The Balaban J connectivity index is 1.84. The van der Waals surface area contributed by atoms with Crippen LogP contribution in [0, 0.1) is 10.1 Å². The van der Waals surface area contributed by atoms with Crippen LogP contribution in [0.15, 0.2) is 24.3 Å². The fourth-order valence-corrected chi connectivity index (χ4v) is 2.89. The second kappa shape index (κ2) is 7.51. The van der Waals surface area contributed by atoms with E-state index in [1.54, 1.807) is 12.1 Å². The van der Waals surface area contributed by atoms with Crippen LogP contribution < -0.4 is 10.6 Å². The molecule has 0 aromatic heterocycles. The topological polar surface area (TPSA) is 70.4 Å². The number of nitrogens with zero attached hydrogens (tertiary/aromatic N) is 2. The molecule has 1 heterocycles.